The van der Waals surface area contributed by atoms with Crippen molar-refractivity contribution in [2.24, 2.45) is 0 Å². The van der Waals surface area contributed by atoms with Crippen molar-refractivity contribution in [3.8, 4) is 0 Å². The molecule has 2 aromatic carbocycles. The van der Waals surface area contributed by atoms with E-state index in [1.54, 1.807) is 0 Å². The molecule has 0 unspecified atom stereocenters. The minimum absolute atomic E-state index is 0. The molecule has 0 aromatic heterocycles. The molecule has 0 saturated heterocycles. The second kappa shape index (κ2) is 5.52. The van der Waals surface area contributed by atoms with Gasteiger partial charge in [0.2, 0.25) is 0 Å². The molecule has 0 fully saturated rings. The van der Waals surface area contributed by atoms with E-state index in [9.17, 15) is 0 Å². The molecule has 0 saturated carbocycles. The first kappa shape index (κ1) is 11.9. The van der Waals surface area contributed by atoms with Crippen LogP contribution < -0.4 is 37.7 Å². The Bertz CT molecular complexity index is 279. The number of hydrogen-bond acceptors (Lipinski definition) is 0. The molecular formula is C10H8Li2+2. The van der Waals surface area contributed by atoms with E-state index in [1.807, 2.05) is 0 Å². The molecule has 2 rings (SSSR count). The average molecular weight is 142 g/mol. The van der Waals surface area contributed by atoms with Crippen LogP contribution in [0.1, 0.15) is 0 Å². The van der Waals surface area contributed by atoms with Gasteiger partial charge in [-0.15, -0.1) is 0 Å². The second-order valence-electron chi connectivity index (χ2n) is 2.35. The summed E-state index contributed by atoms with van der Waals surface area (Å²) in [5, 5.41) is 2.62. The van der Waals surface area contributed by atoms with Gasteiger partial charge in [0, 0.05) is 0 Å². The van der Waals surface area contributed by atoms with Crippen LogP contribution in [-0.4, -0.2) is 0 Å². The van der Waals surface area contributed by atoms with Crippen molar-refractivity contribution >= 4 is 10.8 Å². The maximum absolute atomic E-state index is 2.12. The van der Waals surface area contributed by atoms with Crippen LogP contribution in [0.2, 0.25) is 0 Å². The minimum Gasteiger partial charge on any atom is -0.0616 e. The maximum atomic E-state index is 2.12. The van der Waals surface area contributed by atoms with Gasteiger partial charge in [0.25, 0.3) is 0 Å². The minimum atomic E-state index is 0. The molecule has 2 aromatic rings. The van der Waals surface area contributed by atoms with Crippen molar-refractivity contribution in [2.75, 3.05) is 0 Å². The summed E-state index contributed by atoms with van der Waals surface area (Å²) in [6.45, 7) is 0. The van der Waals surface area contributed by atoms with Crippen LogP contribution in [0, 0.1) is 0 Å². The number of rotatable bonds is 0. The van der Waals surface area contributed by atoms with Crippen molar-refractivity contribution in [1.29, 1.82) is 0 Å². The predicted octanol–water partition coefficient (Wildman–Crippen LogP) is -3.15. The zero-order valence-corrected chi connectivity index (χ0v) is 7.62. The zero-order chi connectivity index (χ0) is 6.81. The molecule has 0 aliphatic carbocycles. The molecule has 0 aliphatic rings. The molecule has 12 heavy (non-hydrogen) atoms. The molecule has 0 atom stereocenters. The summed E-state index contributed by atoms with van der Waals surface area (Å²) in [7, 11) is 0. The van der Waals surface area contributed by atoms with Crippen LogP contribution in [0.3, 0.4) is 0 Å². The largest absolute Gasteiger partial charge is 1.00 e. The summed E-state index contributed by atoms with van der Waals surface area (Å²) >= 11 is 0. The van der Waals surface area contributed by atoms with Gasteiger partial charge in [0.15, 0.2) is 0 Å². The van der Waals surface area contributed by atoms with Gasteiger partial charge in [0.05, 0.1) is 0 Å². The fraction of sp³-hybridized carbons (Fsp3) is 0. The molecule has 0 bridgehead atoms. The van der Waals surface area contributed by atoms with Crippen LogP contribution in [0.15, 0.2) is 48.5 Å². The van der Waals surface area contributed by atoms with Gasteiger partial charge in [-0.1, -0.05) is 48.5 Å². The topological polar surface area (TPSA) is 0 Å². The van der Waals surface area contributed by atoms with E-state index in [-0.39, 0.29) is 37.7 Å². The van der Waals surface area contributed by atoms with Crippen LogP contribution in [-0.2, 0) is 0 Å². The van der Waals surface area contributed by atoms with Gasteiger partial charge in [0.1, 0.15) is 0 Å². The van der Waals surface area contributed by atoms with Crippen molar-refractivity contribution in [1.82, 2.24) is 0 Å². The van der Waals surface area contributed by atoms with Gasteiger partial charge in [-0.05, 0) is 10.8 Å². The van der Waals surface area contributed by atoms with Gasteiger partial charge in [-0.25, -0.2) is 0 Å². The summed E-state index contributed by atoms with van der Waals surface area (Å²) in [5.74, 6) is 0. The van der Waals surface area contributed by atoms with Gasteiger partial charge in [-0.3, -0.25) is 0 Å². The summed E-state index contributed by atoms with van der Waals surface area (Å²) in [5.41, 5.74) is 0. The summed E-state index contributed by atoms with van der Waals surface area (Å²) in [6, 6.07) is 16.7. The Morgan fingerprint density at radius 1 is 0.500 bits per heavy atom. The van der Waals surface area contributed by atoms with E-state index in [1.165, 1.54) is 10.8 Å². The first-order valence-electron chi connectivity index (χ1n) is 3.40. The maximum Gasteiger partial charge on any atom is 1.00 e. The third-order valence-corrected chi connectivity index (χ3v) is 1.66. The van der Waals surface area contributed by atoms with Crippen molar-refractivity contribution in [3.63, 3.8) is 0 Å². The zero-order valence-electron chi connectivity index (χ0n) is 7.62. The number of fused-ring (bicyclic) bond motifs is 1. The first-order chi connectivity index (χ1) is 4.97. The van der Waals surface area contributed by atoms with Crippen molar-refractivity contribution < 1.29 is 37.7 Å². The van der Waals surface area contributed by atoms with Crippen LogP contribution in [0.4, 0.5) is 0 Å². The third-order valence-electron chi connectivity index (χ3n) is 1.66. The van der Waals surface area contributed by atoms with Gasteiger partial charge >= 0.3 is 37.7 Å². The number of hydrogen-bond donors (Lipinski definition) is 0. The Hall–Kier alpha value is -0.105. The Kier molecular flexibility index (Phi) is 5.48. The molecular weight excluding hydrogens is 134 g/mol. The quantitative estimate of drug-likeness (QED) is 0.341. The molecule has 0 spiro atoms. The van der Waals surface area contributed by atoms with E-state index in [0.717, 1.165) is 0 Å². The molecule has 48 valence electrons. The third kappa shape index (κ3) is 2.44. The van der Waals surface area contributed by atoms with Gasteiger partial charge < -0.3 is 0 Å². The van der Waals surface area contributed by atoms with E-state index < -0.39 is 0 Å². The SMILES string of the molecule is [Li+].[Li+].c1ccc2ccccc2c1. The van der Waals surface area contributed by atoms with E-state index >= 15 is 0 Å². The average Bonchev–Trinajstić information content (AvgIpc) is 2.05. The van der Waals surface area contributed by atoms with Crippen LogP contribution in [0.5, 0.6) is 0 Å². The Balaban J connectivity index is 0.000000605. The normalized spacial score (nSPS) is 8.33. The van der Waals surface area contributed by atoms with Crippen molar-refractivity contribution in [2.45, 2.75) is 0 Å². The molecule has 2 heteroatoms. The molecule has 0 radical (unpaired) electrons. The van der Waals surface area contributed by atoms with E-state index in [4.69, 9.17) is 0 Å². The standard InChI is InChI=1S/C10H8.2Li/c1-2-6-10-8-4-3-7-9(10)5-1;;/h1-8H;;/q;2*+1. The Morgan fingerprint density at radius 2 is 0.750 bits per heavy atom. The van der Waals surface area contributed by atoms with E-state index in [0.29, 0.717) is 0 Å². The summed E-state index contributed by atoms with van der Waals surface area (Å²) in [6.07, 6.45) is 0. The first-order valence-corrected chi connectivity index (χ1v) is 3.40. The van der Waals surface area contributed by atoms with Crippen LogP contribution in [0.25, 0.3) is 10.8 Å². The Labute approximate surface area is 96.7 Å². The molecule has 0 nitrogen and oxygen atoms in total. The van der Waals surface area contributed by atoms with Crippen LogP contribution >= 0.6 is 0 Å². The number of benzene rings is 2. The smallest absolute Gasteiger partial charge is 0.0616 e. The second-order valence-corrected chi connectivity index (χ2v) is 2.35. The monoisotopic (exact) mass is 142 g/mol. The van der Waals surface area contributed by atoms with Crippen molar-refractivity contribution in [3.05, 3.63) is 48.5 Å². The molecule has 0 N–H and O–H groups in total. The predicted molar refractivity (Wildman–Crippen MR) is 43.9 cm³/mol. The molecule has 0 amide bonds. The fourth-order valence-corrected chi connectivity index (χ4v) is 1.13. The van der Waals surface area contributed by atoms with Gasteiger partial charge in [-0.2, -0.15) is 0 Å². The van der Waals surface area contributed by atoms with E-state index in [2.05, 4.69) is 48.5 Å². The Morgan fingerprint density at radius 3 is 1.00 bits per heavy atom. The summed E-state index contributed by atoms with van der Waals surface area (Å²) in [4.78, 5) is 0. The molecule has 0 aliphatic heterocycles. The fourth-order valence-electron chi connectivity index (χ4n) is 1.13. The summed E-state index contributed by atoms with van der Waals surface area (Å²) < 4.78 is 0. The molecule has 0 heterocycles.